The van der Waals surface area contributed by atoms with Gasteiger partial charge in [-0.1, -0.05) is 23.5 Å². The lowest BCUT2D eigenvalue weighted by molar-refractivity contribution is -0.133. The number of hydrogen-bond donors (Lipinski definition) is 0. The van der Waals surface area contributed by atoms with Crippen molar-refractivity contribution in [2.45, 2.75) is 33.4 Å². The van der Waals surface area contributed by atoms with Crippen LogP contribution in [0, 0.1) is 6.92 Å². The van der Waals surface area contributed by atoms with E-state index in [9.17, 15) is 9.59 Å². The number of piperazine rings is 1. The quantitative estimate of drug-likeness (QED) is 0.729. The Labute approximate surface area is 164 Å². The van der Waals surface area contributed by atoms with E-state index in [1.807, 2.05) is 36.3 Å². The second kappa shape index (κ2) is 9.19. The van der Waals surface area contributed by atoms with Gasteiger partial charge in [-0.3, -0.25) is 14.5 Å². The molecule has 1 aliphatic heterocycles. The van der Waals surface area contributed by atoms with Gasteiger partial charge >= 0.3 is 4.87 Å². The summed E-state index contributed by atoms with van der Waals surface area (Å²) >= 11 is 1.19. The van der Waals surface area contributed by atoms with Gasteiger partial charge in [-0.2, -0.15) is 0 Å². The van der Waals surface area contributed by atoms with E-state index in [2.05, 4.69) is 17.0 Å². The first kappa shape index (κ1) is 19.6. The van der Waals surface area contributed by atoms with Crippen molar-refractivity contribution in [3.63, 3.8) is 0 Å². The molecule has 2 aromatic rings. The third kappa shape index (κ3) is 5.20. The van der Waals surface area contributed by atoms with Gasteiger partial charge in [0.05, 0.1) is 6.61 Å². The average molecular weight is 390 g/mol. The maximum absolute atomic E-state index is 12.5. The van der Waals surface area contributed by atoms with Crippen LogP contribution in [-0.2, 0) is 17.9 Å². The Balaban J connectivity index is 1.44. The van der Waals surface area contributed by atoms with Crippen molar-refractivity contribution < 1.29 is 9.53 Å². The molecule has 0 N–H and O–H groups in total. The van der Waals surface area contributed by atoms with Crippen LogP contribution in [0.2, 0.25) is 0 Å². The molecule has 0 bridgehead atoms. The zero-order valence-electron chi connectivity index (χ0n) is 16.0. The number of aromatic nitrogens is 1. The summed E-state index contributed by atoms with van der Waals surface area (Å²) in [6.07, 6.45) is 0.385. The molecular weight excluding hydrogens is 362 g/mol. The van der Waals surface area contributed by atoms with Gasteiger partial charge in [-0.05, 0) is 31.5 Å². The number of ether oxygens (including phenoxy) is 1. The maximum atomic E-state index is 12.5. The molecule has 1 aromatic heterocycles. The molecular formula is C20H27N3O3S. The third-order valence-corrected chi connectivity index (χ3v) is 5.77. The molecule has 3 rings (SSSR count). The molecule has 0 spiro atoms. The zero-order chi connectivity index (χ0) is 19.2. The van der Waals surface area contributed by atoms with Gasteiger partial charge in [0.2, 0.25) is 5.91 Å². The zero-order valence-corrected chi connectivity index (χ0v) is 16.8. The van der Waals surface area contributed by atoms with Crippen LogP contribution in [0.5, 0.6) is 5.75 Å². The van der Waals surface area contributed by atoms with E-state index in [4.69, 9.17) is 4.74 Å². The number of benzene rings is 1. The summed E-state index contributed by atoms with van der Waals surface area (Å²) in [5, 5.41) is 1.84. The third-order valence-electron chi connectivity index (χ3n) is 4.89. The van der Waals surface area contributed by atoms with Crippen molar-refractivity contribution >= 4 is 17.2 Å². The summed E-state index contributed by atoms with van der Waals surface area (Å²) in [5.74, 6) is 1.03. The minimum Gasteiger partial charge on any atom is -0.494 e. The molecule has 146 valence electrons. The fraction of sp³-hybridized carbons (Fsp3) is 0.500. The van der Waals surface area contributed by atoms with E-state index in [1.165, 1.54) is 16.9 Å². The van der Waals surface area contributed by atoms with Gasteiger partial charge in [0.1, 0.15) is 5.75 Å². The molecule has 0 saturated carbocycles. The lowest BCUT2D eigenvalue weighted by Gasteiger charge is -2.35. The number of aryl methyl sites for hydroxylation is 1. The Bertz CT molecular complexity index is 805. The van der Waals surface area contributed by atoms with E-state index in [0.717, 1.165) is 44.2 Å². The van der Waals surface area contributed by atoms with Crippen molar-refractivity contribution in [1.82, 2.24) is 14.4 Å². The summed E-state index contributed by atoms with van der Waals surface area (Å²) in [4.78, 5) is 28.5. The highest BCUT2D eigenvalue weighted by Gasteiger charge is 2.21. The normalized spacial score (nSPS) is 15.1. The molecule has 2 heterocycles. The molecule has 1 amide bonds. The highest BCUT2D eigenvalue weighted by atomic mass is 32.1. The molecule has 6 nitrogen and oxygen atoms in total. The van der Waals surface area contributed by atoms with Crippen molar-refractivity contribution in [2.75, 3.05) is 32.8 Å². The number of hydrogen-bond acceptors (Lipinski definition) is 5. The number of thiazole rings is 1. The van der Waals surface area contributed by atoms with Gasteiger partial charge in [-0.25, -0.2) is 0 Å². The van der Waals surface area contributed by atoms with E-state index >= 15 is 0 Å². The van der Waals surface area contributed by atoms with Gasteiger partial charge in [0.15, 0.2) is 0 Å². The standard InChI is InChI=1S/C20H27N3O3S/c1-3-26-18-6-4-17(5-7-18)14-21-10-12-22(13-11-21)19(24)8-9-23-16(2)15-27-20(23)25/h4-7,15H,3,8-14H2,1-2H3. The van der Waals surface area contributed by atoms with Crippen LogP contribution in [0.25, 0.3) is 0 Å². The second-order valence-electron chi connectivity index (χ2n) is 6.78. The van der Waals surface area contributed by atoms with Crippen LogP contribution in [0.3, 0.4) is 0 Å². The highest BCUT2D eigenvalue weighted by Crippen LogP contribution is 2.15. The molecule has 1 fully saturated rings. The number of amides is 1. The van der Waals surface area contributed by atoms with E-state index < -0.39 is 0 Å². The van der Waals surface area contributed by atoms with Crippen LogP contribution in [0.15, 0.2) is 34.4 Å². The Morgan fingerprint density at radius 3 is 2.44 bits per heavy atom. The SMILES string of the molecule is CCOc1ccc(CN2CCN(C(=O)CCn3c(C)csc3=O)CC2)cc1. The van der Waals surface area contributed by atoms with Crippen molar-refractivity contribution in [1.29, 1.82) is 0 Å². The largest absolute Gasteiger partial charge is 0.494 e. The Morgan fingerprint density at radius 1 is 1.15 bits per heavy atom. The second-order valence-corrected chi connectivity index (χ2v) is 7.60. The molecule has 1 aliphatic rings. The number of carbonyl (C=O) groups excluding carboxylic acids is 1. The predicted molar refractivity (Wildman–Crippen MR) is 107 cm³/mol. The first-order chi connectivity index (χ1) is 13.1. The summed E-state index contributed by atoms with van der Waals surface area (Å²) in [6.45, 7) is 9.15. The summed E-state index contributed by atoms with van der Waals surface area (Å²) in [7, 11) is 0. The van der Waals surface area contributed by atoms with Gasteiger partial charge in [0, 0.05) is 56.8 Å². The van der Waals surface area contributed by atoms with Gasteiger partial charge < -0.3 is 14.2 Å². The lowest BCUT2D eigenvalue weighted by atomic mass is 10.2. The minimum atomic E-state index is 0.0143. The molecule has 0 radical (unpaired) electrons. The molecule has 7 heteroatoms. The summed E-state index contributed by atoms with van der Waals surface area (Å²) in [6, 6.07) is 8.22. The van der Waals surface area contributed by atoms with Crippen molar-refractivity contribution in [2.24, 2.45) is 0 Å². The minimum absolute atomic E-state index is 0.0143. The van der Waals surface area contributed by atoms with Crippen molar-refractivity contribution in [3.8, 4) is 5.75 Å². The molecule has 27 heavy (non-hydrogen) atoms. The lowest BCUT2D eigenvalue weighted by Crippen LogP contribution is -2.48. The first-order valence-corrected chi connectivity index (χ1v) is 10.3. The van der Waals surface area contributed by atoms with Crippen LogP contribution in [-0.4, -0.2) is 53.1 Å². The van der Waals surface area contributed by atoms with Crippen LogP contribution in [0.1, 0.15) is 24.6 Å². The van der Waals surface area contributed by atoms with Crippen LogP contribution < -0.4 is 9.61 Å². The number of rotatable bonds is 7. The Kier molecular flexibility index (Phi) is 6.68. The van der Waals surface area contributed by atoms with Crippen LogP contribution >= 0.6 is 11.3 Å². The fourth-order valence-electron chi connectivity index (χ4n) is 3.31. The highest BCUT2D eigenvalue weighted by molar-refractivity contribution is 7.07. The van der Waals surface area contributed by atoms with Crippen LogP contribution in [0.4, 0.5) is 0 Å². The number of carbonyl (C=O) groups is 1. The molecule has 0 atom stereocenters. The van der Waals surface area contributed by atoms with Gasteiger partial charge in [0.25, 0.3) is 0 Å². The first-order valence-electron chi connectivity index (χ1n) is 9.43. The topological polar surface area (TPSA) is 54.8 Å². The predicted octanol–water partition coefficient (Wildman–Crippen LogP) is 2.35. The molecule has 0 aliphatic carbocycles. The van der Waals surface area contributed by atoms with Gasteiger partial charge in [-0.15, -0.1) is 0 Å². The Hall–Kier alpha value is -2.12. The Morgan fingerprint density at radius 2 is 1.85 bits per heavy atom. The maximum Gasteiger partial charge on any atom is 0.307 e. The molecule has 1 aromatic carbocycles. The fourth-order valence-corrected chi connectivity index (χ4v) is 4.07. The molecule has 0 unspecified atom stereocenters. The van der Waals surface area contributed by atoms with E-state index in [0.29, 0.717) is 19.6 Å². The summed E-state index contributed by atoms with van der Waals surface area (Å²) in [5.41, 5.74) is 2.18. The van der Waals surface area contributed by atoms with Crippen molar-refractivity contribution in [3.05, 3.63) is 50.6 Å². The monoisotopic (exact) mass is 389 g/mol. The number of nitrogens with zero attached hydrogens (tertiary/aromatic N) is 3. The molecule has 1 saturated heterocycles. The average Bonchev–Trinajstić information content (AvgIpc) is 3.00. The van der Waals surface area contributed by atoms with E-state index in [1.54, 1.807) is 4.57 Å². The van der Waals surface area contributed by atoms with E-state index in [-0.39, 0.29) is 10.8 Å². The smallest absolute Gasteiger partial charge is 0.307 e. The summed E-state index contributed by atoms with van der Waals surface area (Å²) < 4.78 is 7.16.